The van der Waals surface area contributed by atoms with Crippen LogP contribution in [-0.2, 0) is 49.7 Å². The molecule has 0 aromatic heterocycles. The second kappa shape index (κ2) is 5.56. The van der Waals surface area contributed by atoms with Crippen LogP contribution in [0.4, 0.5) is 0 Å². The Morgan fingerprint density at radius 3 is 2.32 bits per heavy atom. The summed E-state index contributed by atoms with van der Waals surface area (Å²) in [5.41, 5.74) is 10.1. The Morgan fingerprint density at radius 2 is 1.50 bits per heavy atom. The van der Waals surface area contributed by atoms with E-state index < -0.39 is 5.41 Å². The topological polar surface area (TPSA) is 43.4 Å². The van der Waals surface area contributed by atoms with E-state index in [1.807, 2.05) is 0 Å². The average Bonchev–Trinajstić information content (AvgIpc) is 3.44. The van der Waals surface area contributed by atoms with E-state index in [-0.39, 0.29) is 5.97 Å². The minimum absolute atomic E-state index is 0.228. The smallest absolute Gasteiger partial charge is 0.338 e. The molecule has 2 aromatic carbocycles. The summed E-state index contributed by atoms with van der Waals surface area (Å²) >= 11 is 0. The molecule has 0 bridgehead atoms. The number of carbonyl (C=O) groups is 2. The van der Waals surface area contributed by atoms with Crippen LogP contribution in [0.15, 0.2) is 18.2 Å². The molecular weight excluding hydrogens is 348 g/mol. The third-order valence-corrected chi connectivity index (χ3v) is 7.61. The lowest BCUT2D eigenvalue weighted by Crippen LogP contribution is -2.28. The first-order chi connectivity index (χ1) is 13.6. The first-order valence-corrected chi connectivity index (χ1v) is 10.5. The Bertz CT molecular complexity index is 1080. The molecule has 2 aromatic rings. The number of ether oxygens (including phenoxy) is 1. The van der Waals surface area contributed by atoms with Crippen molar-refractivity contribution in [3.05, 3.63) is 68.3 Å². The summed E-state index contributed by atoms with van der Waals surface area (Å²) in [5.74, 6) is 0.0679. The minimum atomic E-state index is -0.391. The van der Waals surface area contributed by atoms with Gasteiger partial charge in [-0.15, -0.1) is 0 Å². The zero-order valence-corrected chi connectivity index (χ0v) is 16.3. The largest absolute Gasteiger partial charge is 0.465 e. The molecule has 4 aliphatic rings. The predicted molar refractivity (Wildman–Crippen MR) is 106 cm³/mol. The van der Waals surface area contributed by atoms with E-state index in [1.165, 1.54) is 46.9 Å². The summed E-state index contributed by atoms with van der Waals surface area (Å²) in [4.78, 5) is 26.2. The zero-order valence-electron chi connectivity index (χ0n) is 16.3. The fourth-order valence-electron chi connectivity index (χ4n) is 6.37. The van der Waals surface area contributed by atoms with Gasteiger partial charge in [-0.2, -0.15) is 0 Å². The second-order valence-electron chi connectivity index (χ2n) is 9.14. The van der Waals surface area contributed by atoms with Crippen molar-refractivity contribution in [2.75, 3.05) is 7.11 Å². The van der Waals surface area contributed by atoms with Crippen molar-refractivity contribution in [2.24, 2.45) is 5.41 Å². The monoisotopic (exact) mass is 372 g/mol. The minimum Gasteiger partial charge on any atom is -0.465 e. The summed E-state index contributed by atoms with van der Waals surface area (Å²) in [5, 5.41) is 0. The molecule has 0 saturated carbocycles. The molecule has 0 radical (unpaired) electrons. The van der Waals surface area contributed by atoms with E-state index in [0.717, 1.165) is 61.6 Å². The highest BCUT2D eigenvalue weighted by Gasteiger charge is 2.51. The molecule has 1 spiro atoms. The fraction of sp³-hybridized carbons (Fsp3) is 0.440. The first-order valence-electron chi connectivity index (χ1n) is 10.5. The maximum Gasteiger partial charge on any atom is 0.338 e. The van der Waals surface area contributed by atoms with Crippen molar-refractivity contribution in [2.45, 2.75) is 57.8 Å². The quantitative estimate of drug-likeness (QED) is 0.712. The number of methoxy groups -OCH3 is 1. The van der Waals surface area contributed by atoms with E-state index in [1.54, 1.807) is 0 Å². The van der Waals surface area contributed by atoms with Gasteiger partial charge in [0, 0.05) is 11.0 Å². The normalized spacial score (nSPS) is 23.7. The van der Waals surface area contributed by atoms with Crippen molar-refractivity contribution < 1.29 is 14.3 Å². The lowest BCUT2D eigenvalue weighted by atomic mass is 9.80. The second-order valence-corrected chi connectivity index (χ2v) is 9.14. The zero-order chi connectivity index (χ0) is 19.0. The number of ketones is 1. The summed E-state index contributed by atoms with van der Waals surface area (Å²) in [6, 6.07) is 6.77. The summed E-state index contributed by atoms with van der Waals surface area (Å²) in [7, 11) is 1.46. The van der Waals surface area contributed by atoms with Crippen LogP contribution in [0.1, 0.15) is 72.5 Å². The Hall–Kier alpha value is -2.42. The predicted octanol–water partition coefficient (Wildman–Crippen LogP) is 3.97. The molecule has 0 N–H and O–H groups in total. The number of benzene rings is 2. The molecule has 0 aliphatic heterocycles. The molecule has 4 aliphatic carbocycles. The van der Waals surface area contributed by atoms with Gasteiger partial charge in [0.2, 0.25) is 0 Å². The molecule has 0 saturated heterocycles. The molecule has 3 heteroatoms. The van der Waals surface area contributed by atoms with Gasteiger partial charge in [-0.1, -0.05) is 12.1 Å². The van der Waals surface area contributed by atoms with Gasteiger partial charge in [0.1, 0.15) is 0 Å². The molecule has 142 valence electrons. The summed E-state index contributed by atoms with van der Waals surface area (Å²) in [6.45, 7) is 0. The number of fused-ring (bicyclic) bond motifs is 4. The molecule has 0 fully saturated rings. The van der Waals surface area contributed by atoms with Gasteiger partial charge < -0.3 is 4.74 Å². The summed E-state index contributed by atoms with van der Waals surface area (Å²) < 4.78 is 5.16. The van der Waals surface area contributed by atoms with Gasteiger partial charge in [0.25, 0.3) is 0 Å². The number of hydrogen-bond donors (Lipinski definition) is 0. The van der Waals surface area contributed by atoms with Gasteiger partial charge in [0.05, 0.1) is 12.7 Å². The molecule has 6 rings (SSSR count). The number of Topliss-reactive ketones (excluding diaryl/α,β-unsaturated/α-hetero) is 1. The number of rotatable bonds is 1. The number of carbonyl (C=O) groups excluding carboxylic acids is 2. The van der Waals surface area contributed by atoms with E-state index in [0.29, 0.717) is 12.2 Å². The Kier molecular flexibility index (Phi) is 3.28. The van der Waals surface area contributed by atoms with Gasteiger partial charge in [-0.25, -0.2) is 4.79 Å². The third kappa shape index (κ3) is 2.05. The lowest BCUT2D eigenvalue weighted by molar-refractivity contribution is 0.0597. The van der Waals surface area contributed by atoms with Crippen LogP contribution in [0.25, 0.3) is 0 Å². The molecule has 0 unspecified atom stereocenters. The van der Waals surface area contributed by atoms with Crippen molar-refractivity contribution in [3.63, 3.8) is 0 Å². The van der Waals surface area contributed by atoms with E-state index in [4.69, 9.17) is 4.74 Å². The maximum atomic E-state index is 13.6. The summed E-state index contributed by atoms with van der Waals surface area (Å²) in [6.07, 6.45) is 8.78. The van der Waals surface area contributed by atoms with Crippen LogP contribution < -0.4 is 0 Å². The first kappa shape index (κ1) is 16.5. The highest BCUT2D eigenvalue weighted by atomic mass is 16.5. The average molecular weight is 372 g/mol. The van der Waals surface area contributed by atoms with Gasteiger partial charge in [-0.05, 0) is 103 Å². The molecule has 3 nitrogen and oxygen atoms in total. The Balaban J connectivity index is 1.45. The fourth-order valence-corrected chi connectivity index (χ4v) is 6.37. The van der Waals surface area contributed by atoms with Crippen molar-refractivity contribution >= 4 is 11.8 Å². The molecule has 0 heterocycles. The Labute approximate surface area is 165 Å². The number of hydrogen-bond acceptors (Lipinski definition) is 3. The number of esters is 1. The van der Waals surface area contributed by atoms with Crippen LogP contribution in [0.3, 0.4) is 0 Å². The molecular formula is C25H24O3. The van der Waals surface area contributed by atoms with Gasteiger partial charge >= 0.3 is 5.97 Å². The van der Waals surface area contributed by atoms with E-state index in [9.17, 15) is 9.59 Å². The van der Waals surface area contributed by atoms with Gasteiger partial charge in [0.15, 0.2) is 5.78 Å². The highest BCUT2D eigenvalue weighted by molar-refractivity contribution is 6.06. The van der Waals surface area contributed by atoms with E-state index in [2.05, 4.69) is 18.2 Å². The third-order valence-electron chi connectivity index (χ3n) is 7.61. The molecule has 28 heavy (non-hydrogen) atoms. The van der Waals surface area contributed by atoms with Crippen LogP contribution in [0, 0.1) is 5.41 Å². The van der Waals surface area contributed by atoms with Crippen LogP contribution in [-0.4, -0.2) is 18.9 Å². The SMILES string of the molecule is COC(=O)c1c2c(cc3c1C[C@]1(Cc4cc5c(cc4C1=O)CCC5)C3)CCC2. The Morgan fingerprint density at radius 1 is 0.821 bits per heavy atom. The van der Waals surface area contributed by atoms with Crippen LogP contribution >= 0.6 is 0 Å². The van der Waals surface area contributed by atoms with Crippen molar-refractivity contribution in [1.29, 1.82) is 0 Å². The van der Waals surface area contributed by atoms with Gasteiger partial charge in [-0.3, -0.25) is 4.79 Å². The van der Waals surface area contributed by atoms with E-state index >= 15 is 0 Å². The standard InChI is InChI=1S/C25H24O3/c1-28-24(27)22-19-7-3-6-16(19)9-18-12-25(13-21(18)22)11-17-8-14-4-2-5-15(14)10-20(17)23(25)26/h8-10H,2-7,11-13H2,1H3/t25-/m0/s1. The van der Waals surface area contributed by atoms with Crippen molar-refractivity contribution in [3.8, 4) is 0 Å². The highest BCUT2D eigenvalue weighted by Crippen LogP contribution is 2.50. The van der Waals surface area contributed by atoms with Crippen LogP contribution in [0.5, 0.6) is 0 Å². The maximum absolute atomic E-state index is 13.6. The number of aryl methyl sites for hydroxylation is 3. The molecule has 0 amide bonds. The molecule has 1 atom stereocenters. The lowest BCUT2D eigenvalue weighted by Gasteiger charge is -2.20. The van der Waals surface area contributed by atoms with Crippen LogP contribution in [0.2, 0.25) is 0 Å². The van der Waals surface area contributed by atoms with Crippen molar-refractivity contribution in [1.82, 2.24) is 0 Å².